The maximum atomic E-state index is 12.9. The topological polar surface area (TPSA) is 85.7 Å². The molecule has 1 aromatic heterocycles. The summed E-state index contributed by atoms with van der Waals surface area (Å²) in [5.41, 5.74) is 2.66. The lowest BCUT2D eigenvalue weighted by Crippen LogP contribution is -2.44. The molecule has 0 saturated carbocycles. The third kappa shape index (κ3) is 4.76. The van der Waals surface area contributed by atoms with Gasteiger partial charge in [-0.3, -0.25) is 9.59 Å². The number of amides is 2. The van der Waals surface area contributed by atoms with E-state index in [9.17, 15) is 9.59 Å². The molecule has 0 spiro atoms. The predicted molar refractivity (Wildman–Crippen MR) is 126 cm³/mol. The SMILES string of the molecule is CN(Cc1ccc(-n2cccn2)cc1)C(=O)CCC1(Cc2ccc3c(c2)OCO3)CCC(=O)N1. The molecular weight excluding hydrogens is 432 g/mol. The van der Waals surface area contributed by atoms with E-state index in [1.807, 2.05) is 61.8 Å². The van der Waals surface area contributed by atoms with Crippen molar-refractivity contribution in [1.29, 1.82) is 0 Å². The van der Waals surface area contributed by atoms with Gasteiger partial charge in [-0.25, -0.2) is 4.68 Å². The van der Waals surface area contributed by atoms with Gasteiger partial charge >= 0.3 is 0 Å². The fraction of sp³-hybridized carbons (Fsp3) is 0.346. The molecule has 0 radical (unpaired) electrons. The van der Waals surface area contributed by atoms with Gasteiger partial charge in [-0.1, -0.05) is 18.2 Å². The lowest BCUT2D eigenvalue weighted by Gasteiger charge is -2.30. The summed E-state index contributed by atoms with van der Waals surface area (Å²) in [5.74, 6) is 1.57. The molecule has 2 aromatic carbocycles. The molecular formula is C26H28N4O4. The Kier molecular flexibility index (Phi) is 5.96. The summed E-state index contributed by atoms with van der Waals surface area (Å²) >= 11 is 0. The summed E-state index contributed by atoms with van der Waals surface area (Å²) in [6.45, 7) is 0.757. The number of rotatable bonds is 8. The predicted octanol–water partition coefficient (Wildman–Crippen LogP) is 3.23. The minimum Gasteiger partial charge on any atom is -0.454 e. The molecule has 8 nitrogen and oxygen atoms in total. The van der Waals surface area contributed by atoms with E-state index < -0.39 is 5.54 Å². The Morgan fingerprint density at radius 1 is 1.15 bits per heavy atom. The van der Waals surface area contributed by atoms with Gasteiger partial charge in [0.25, 0.3) is 0 Å². The molecule has 1 saturated heterocycles. The summed E-state index contributed by atoms with van der Waals surface area (Å²) in [4.78, 5) is 26.8. The Bertz CT molecular complexity index is 1180. The second kappa shape index (κ2) is 9.21. The molecule has 3 heterocycles. The third-order valence-electron chi connectivity index (χ3n) is 6.58. The van der Waals surface area contributed by atoms with Crippen LogP contribution in [0.25, 0.3) is 5.69 Å². The highest BCUT2D eigenvalue weighted by Gasteiger charge is 2.38. The second-order valence-electron chi connectivity index (χ2n) is 9.06. The normalized spacial score (nSPS) is 18.7. The van der Waals surface area contributed by atoms with Crippen molar-refractivity contribution in [3.63, 3.8) is 0 Å². The van der Waals surface area contributed by atoms with Crippen LogP contribution in [0.5, 0.6) is 11.5 Å². The first-order chi connectivity index (χ1) is 16.5. The number of ether oxygens (including phenoxy) is 2. The molecule has 176 valence electrons. The molecule has 1 atom stereocenters. The Balaban J connectivity index is 1.20. The van der Waals surface area contributed by atoms with E-state index in [2.05, 4.69) is 10.4 Å². The van der Waals surface area contributed by atoms with E-state index in [0.29, 0.717) is 38.6 Å². The summed E-state index contributed by atoms with van der Waals surface area (Å²) in [6.07, 6.45) is 6.45. The number of fused-ring (bicyclic) bond motifs is 1. The van der Waals surface area contributed by atoms with E-state index in [1.54, 1.807) is 15.8 Å². The monoisotopic (exact) mass is 460 g/mol. The Hall–Kier alpha value is -3.81. The number of aromatic nitrogens is 2. The number of carbonyl (C=O) groups is 2. The van der Waals surface area contributed by atoms with Gasteiger partial charge < -0.3 is 19.7 Å². The molecule has 5 rings (SSSR count). The number of hydrogen-bond acceptors (Lipinski definition) is 5. The number of nitrogens with one attached hydrogen (secondary N) is 1. The fourth-order valence-corrected chi connectivity index (χ4v) is 4.70. The van der Waals surface area contributed by atoms with Crippen molar-refractivity contribution in [1.82, 2.24) is 20.0 Å². The van der Waals surface area contributed by atoms with Crippen LogP contribution in [0, 0.1) is 0 Å². The van der Waals surface area contributed by atoms with Crippen molar-refractivity contribution in [2.24, 2.45) is 0 Å². The molecule has 1 N–H and O–H groups in total. The van der Waals surface area contributed by atoms with E-state index in [0.717, 1.165) is 28.3 Å². The maximum absolute atomic E-state index is 12.9. The summed E-state index contributed by atoms with van der Waals surface area (Å²) < 4.78 is 12.7. The average molecular weight is 461 g/mol. The van der Waals surface area contributed by atoms with Crippen LogP contribution < -0.4 is 14.8 Å². The molecule has 0 bridgehead atoms. The third-order valence-corrected chi connectivity index (χ3v) is 6.58. The summed E-state index contributed by atoms with van der Waals surface area (Å²) in [5, 5.41) is 7.39. The van der Waals surface area contributed by atoms with Crippen LogP contribution >= 0.6 is 0 Å². The van der Waals surface area contributed by atoms with Crippen LogP contribution in [0.3, 0.4) is 0 Å². The van der Waals surface area contributed by atoms with Gasteiger partial charge in [0, 0.05) is 44.4 Å². The van der Waals surface area contributed by atoms with Gasteiger partial charge in [0.1, 0.15) is 0 Å². The van der Waals surface area contributed by atoms with E-state index in [-0.39, 0.29) is 18.6 Å². The van der Waals surface area contributed by atoms with Crippen molar-refractivity contribution < 1.29 is 19.1 Å². The molecule has 0 aliphatic carbocycles. The van der Waals surface area contributed by atoms with Crippen LogP contribution in [0.4, 0.5) is 0 Å². The number of hydrogen-bond donors (Lipinski definition) is 1. The lowest BCUT2D eigenvalue weighted by atomic mass is 9.84. The van der Waals surface area contributed by atoms with Gasteiger partial charge in [0.2, 0.25) is 18.6 Å². The Labute approximate surface area is 198 Å². The quantitative estimate of drug-likeness (QED) is 0.558. The van der Waals surface area contributed by atoms with Crippen molar-refractivity contribution in [3.05, 3.63) is 72.1 Å². The highest BCUT2D eigenvalue weighted by atomic mass is 16.7. The van der Waals surface area contributed by atoms with Crippen LogP contribution in [-0.4, -0.2) is 45.9 Å². The van der Waals surface area contributed by atoms with Crippen LogP contribution in [0.15, 0.2) is 60.9 Å². The van der Waals surface area contributed by atoms with E-state index in [4.69, 9.17) is 9.47 Å². The molecule has 2 amide bonds. The molecule has 2 aliphatic heterocycles. The first-order valence-corrected chi connectivity index (χ1v) is 11.5. The highest BCUT2D eigenvalue weighted by molar-refractivity contribution is 5.80. The zero-order chi connectivity index (χ0) is 23.5. The molecule has 2 aliphatic rings. The molecule has 1 unspecified atom stereocenters. The first kappa shape index (κ1) is 22.0. The van der Waals surface area contributed by atoms with Crippen molar-refractivity contribution in [2.45, 2.75) is 44.2 Å². The van der Waals surface area contributed by atoms with Gasteiger partial charge in [-0.05, 0) is 60.7 Å². The van der Waals surface area contributed by atoms with Crippen molar-refractivity contribution in [2.75, 3.05) is 13.8 Å². The summed E-state index contributed by atoms with van der Waals surface area (Å²) in [6, 6.07) is 15.8. The van der Waals surface area contributed by atoms with Crippen LogP contribution in [0.2, 0.25) is 0 Å². The summed E-state index contributed by atoms with van der Waals surface area (Å²) in [7, 11) is 1.82. The number of nitrogens with zero attached hydrogens (tertiary/aromatic N) is 3. The van der Waals surface area contributed by atoms with E-state index in [1.165, 1.54) is 0 Å². The first-order valence-electron chi connectivity index (χ1n) is 11.5. The molecule has 3 aromatic rings. The van der Waals surface area contributed by atoms with Crippen LogP contribution in [0.1, 0.15) is 36.8 Å². The van der Waals surface area contributed by atoms with Gasteiger partial charge in [0.05, 0.1) is 5.69 Å². The number of carbonyl (C=O) groups excluding carboxylic acids is 2. The average Bonchev–Trinajstić information content (AvgIpc) is 3.60. The minimum atomic E-state index is -0.424. The van der Waals surface area contributed by atoms with E-state index >= 15 is 0 Å². The van der Waals surface area contributed by atoms with Crippen molar-refractivity contribution >= 4 is 11.8 Å². The Morgan fingerprint density at radius 3 is 2.68 bits per heavy atom. The zero-order valence-electron chi connectivity index (χ0n) is 19.2. The smallest absolute Gasteiger partial charge is 0.231 e. The van der Waals surface area contributed by atoms with Gasteiger partial charge in [-0.15, -0.1) is 0 Å². The second-order valence-corrected chi connectivity index (χ2v) is 9.06. The van der Waals surface area contributed by atoms with Gasteiger partial charge in [0.15, 0.2) is 11.5 Å². The Morgan fingerprint density at radius 2 is 1.94 bits per heavy atom. The molecule has 34 heavy (non-hydrogen) atoms. The molecule has 8 heteroatoms. The highest BCUT2D eigenvalue weighted by Crippen LogP contribution is 2.36. The largest absolute Gasteiger partial charge is 0.454 e. The van der Waals surface area contributed by atoms with Crippen LogP contribution in [-0.2, 0) is 22.6 Å². The standard InChI is InChI=1S/C26H28N4O4/c1-29(17-19-3-6-21(7-4-19)30-14-2-13-27-30)25(32)10-12-26(11-9-24(31)28-26)16-20-5-8-22-23(15-20)34-18-33-22/h2-8,13-15H,9-12,16-18H2,1H3,(H,28,31). The molecule has 1 fully saturated rings. The van der Waals surface area contributed by atoms with Gasteiger partial charge in [-0.2, -0.15) is 5.10 Å². The maximum Gasteiger partial charge on any atom is 0.231 e. The zero-order valence-corrected chi connectivity index (χ0v) is 19.2. The lowest BCUT2D eigenvalue weighted by molar-refractivity contribution is -0.131. The minimum absolute atomic E-state index is 0.0406. The fourth-order valence-electron chi connectivity index (χ4n) is 4.70. The number of benzene rings is 2. The van der Waals surface area contributed by atoms with Crippen molar-refractivity contribution in [3.8, 4) is 17.2 Å².